The first-order valence-electron chi connectivity index (χ1n) is 7.39. The summed E-state index contributed by atoms with van der Waals surface area (Å²) in [5, 5.41) is 3.19. The van der Waals surface area contributed by atoms with E-state index in [1.807, 2.05) is 6.92 Å². The van der Waals surface area contributed by atoms with Crippen LogP contribution < -0.4 is 10.0 Å². The fourth-order valence-electron chi connectivity index (χ4n) is 2.69. The van der Waals surface area contributed by atoms with Crippen LogP contribution in [0.1, 0.15) is 51.7 Å². The van der Waals surface area contributed by atoms with Gasteiger partial charge in [-0.15, -0.1) is 0 Å². The van der Waals surface area contributed by atoms with Crippen LogP contribution in [0.25, 0.3) is 0 Å². The Hall–Kier alpha value is -0.370. The Morgan fingerprint density at radius 2 is 2.05 bits per heavy atom. The number of hydrogen-bond donors (Lipinski definition) is 2. The lowest BCUT2D eigenvalue weighted by Gasteiger charge is -2.24. The van der Waals surface area contributed by atoms with Crippen molar-refractivity contribution in [1.29, 1.82) is 0 Å². The first kappa shape index (κ1) is 17.0. The molecule has 1 fully saturated rings. The average molecular weight is 379 g/mol. The van der Waals surface area contributed by atoms with Crippen molar-refractivity contribution >= 4 is 26.0 Å². The highest BCUT2D eigenvalue weighted by Crippen LogP contribution is 2.33. The number of sulfonamides is 1. The second-order valence-electron chi connectivity index (χ2n) is 5.90. The maximum atomic E-state index is 12.5. The van der Waals surface area contributed by atoms with Crippen molar-refractivity contribution in [2.75, 3.05) is 6.54 Å². The molecule has 0 amide bonds. The van der Waals surface area contributed by atoms with E-state index >= 15 is 0 Å². The number of furan rings is 1. The lowest BCUT2D eigenvalue weighted by molar-refractivity contribution is 0.426. The first-order valence-corrected chi connectivity index (χ1v) is 9.67. The zero-order valence-corrected chi connectivity index (χ0v) is 14.9. The standard InChI is InChI=1S/C14H23BrN2O3S/c1-3-8-16-10-11-9-12(13(15)20-11)21(18,19)17-14(2)6-4-5-7-14/h9,16-17H,3-8,10H2,1-2H3. The molecule has 0 radical (unpaired) electrons. The van der Waals surface area contributed by atoms with Crippen molar-refractivity contribution in [3.8, 4) is 0 Å². The van der Waals surface area contributed by atoms with Crippen LogP contribution in [0.2, 0.25) is 0 Å². The van der Waals surface area contributed by atoms with Gasteiger partial charge in [-0.25, -0.2) is 13.1 Å². The van der Waals surface area contributed by atoms with Gasteiger partial charge < -0.3 is 9.73 Å². The molecular weight excluding hydrogens is 356 g/mol. The van der Waals surface area contributed by atoms with E-state index in [1.165, 1.54) is 0 Å². The fraction of sp³-hybridized carbons (Fsp3) is 0.714. The topological polar surface area (TPSA) is 71.3 Å². The summed E-state index contributed by atoms with van der Waals surface area (Å²) < 4.78 is 33.7. The highest BCUT2D eigenvalue weighted by molar-refractivity contribution is 9.10. The van der Waals surface area contributed by atoms with Crippen LogP contribution in [0, 0.1) is 0 Å². The van der Waals surface area contributed by atoms with Crippen LogP contribution in [0.5, 0.6) is 0 Å². The molecule has 0 aliphatic heterocycles. The van der Waals surface area contributed by atoms with E-state index in [2.05, 4.69) is 32.9 Å². The van der Waals surface area contributed by atoms with E-state index in [0.717, 1.165) is 38.6 Å². The summed E-state index contributed by atoms with van der Waals surface area (Å²) in [6, 6.07) is 1.59. The predicted octanol–water partition coefficient (Wildman–Crippen LogP) is 3.15. The number of halogens is 1. The second-order valence-corrected chi connectivity index (χ2v) is 8.27. The van der Waals surface area contributed by atoms with E-state index < -0.39 is 10.0 Å². The summed E-state index contributed by atoms with van der Waals surface area (Å²) in [5.41, 5.74) is -0.337. The van der Waals surface area contributed by atoms with Gasteiger partial charge in [0.25, 0.3) is 0 Å². The minimum atomic E-state index is -3.56. The lowest BCUT2D eigenvalue weighted by Crippen LogP contribution is -2.43. The molecule has 0 saturated heterocycles. The maximum Gasteiger partial charge on any atom is 0.245 e. The Bertz CT molecular complexity index is 577. The largest absolute Gasteiger partial charge is 0.452 e. The number of hydrogen-bond acceptors (Lipinski definition) is 4. The third kappa shape index (κ3) is 4.31. The van der Waals surface area contributed by atoms with Crippen molar-refractivity contribution in [2.45, 2.75) is 62.9 Å². The third-order valence-corrected chi connectivity index (χ3v) is 6.31. The molecule has 0 atom stereocenters. The quantitative estimate of drug-likeness (QED) is 0.714. The van der Waals surface area contributed by atoms with E-state index in [1.54, 1.807) is 6.07 Å². The zero-order chi connectivity index (χ0) is 15.5. The van der Waals surface area contributed by atoms with Crippen LogP contribution >= 0.6 is 15.9 Å². The van der Waals surface area contributed by atoms with Gasteiger partial charge in [0, 0.05) is 11.6 Å². The van der Waals surface area contributed by atoms with Gasteiger partial charge in [0.05, 0.1) is 6.54 Å². The van der Waals surface area contributed by atoms with Crippen molar-refractivity contribution in [1.82, 2.24) is 10.0 Å². The molecule has 2 rings (SSSR count). The molecule has 1 saturated carbocycles. The molecule has 1 aromatic heterocycles. The smallest absolute Gasteiger partial charge is 0.245 e. The highest BCUT2D eigenvalue weighted by atomic mass is 79.9. The van der Waals surface area contributed by atoms with Crippen molar-refractivity contribution in [3.05, 3.63) is 16.5 Å². The van der Waals surface area contributed by atoms with E-state index in [0.29, 0.717) is 12.3 Å². The van der Waals surface area contributed by atoms with Crippen LogP contribution in [0.4, 0.5) is 0 Å². The minimum absolute atomic E-state index is 0.184. The Morgan fingerprint density at radius 3 is 2.67 bits per heavy atom. The maximum absolute atomic E-state index is 12.5. The van der Waals surface area contributed by atoms with Gasteiger partial charge in [-0.3, -0.25) is 0 Å². The molecule has 120 valence electrons. The molecule has 1 heterocycles. The fourth-order valence-corrected chi connectivity index (χ4v) is 5.16. The van der Waals surface area contributed by atoms with Gasteiger partial charge in [-0.1, -0.05) is 19.8 Å². The molecule has 1 aliphatic rings. The molecule has 5 nitrogen and oxygen atoms in total. The second kappa shape index (κ2) is 6.81. The van der Waals surface area contributed by atoms with Crippen molar-refractivity contribution in [3.63, 3.8) is 0 Å². The number of nitrogens with one attached hydrogen (secondary N) is 2. The van der Waals surface area contributed by atoms with Gasteiger partial charge in [-0.05, 0) is 48.7 Å². The van der Waals surface area contributed by atoms with Crippen LogP contribution in [-0.4, -0.2) is 20.5 Å². The van der Waals surface area contributed by atoms with Crippen LogP contribution in [-0.2, 0) is 16.6 Å². The molecule has 1 aromatic rings. The molecular formula is C14H23BrN2O3S. The number of rotatable bonds is 7. The molecule has 1 aliphatic carbocycles. The van der Waals surface area contributed by atoms with E-state index in [-0.39, 0.29) is 15.1 Å². The summed E-state index contributed by atoms with van der Waals surface area (Å²) in [4.78, 5) is 0.184. The molecule has 0 aromatic carbocycles. The summed E-state index contributed by atoms with van der Waals surface area (Å²) in [6.45, 7) is 5.44. The molecule has 0 bridgehead atoms. The third-order valence-electron chi connectivity index (χ3n) is 3.81. The van der Waals surface area contributed by atoms with E-state index in [4.69, 9.17) is 4.42 Å². The Kier molecular flexibility index (Phi) is 5.51. The first-order chi connectivity index (χ1) is 9.86. The predicted molar refractivity (Wildman–Crippen MR) is 85.6 cm³/mol. The normalized spacial score (nSPS) is 18.2. The van der Waals surface area contributed by atoms with E-state index in [9.17, 15) is 8.42 Å². The van der Waals surface area contributed by atoms with Crippen LogP contribution in [0.15, 0.2) is 20.0 Å². The van der Waals surface area contributed by atoms with Gasteiger partial charge in [0.2, 0.25) is 10.0 Å². The van der Waals surface area contributed by atoms with Crippen molar-refractivity contribution in [2.24, 2.45) is 0 Å². The SMILES string of the molecule is CCCNCc1cc(S(=O)(=O)NC2(C)CCCC2)c(Br)o1. The minimum Gasteiger partial charge on any atom is -0.452 e. The van der Waals surface area contributed by atoms with Gasteiger partial charge in [0.1, 0.15) is 10.7 Å². The monoisotopic (exact) mass is 378 g/mol. The molecule has 0 unspecified atom stereocenters. The van der Waals surface area contributed by atoms with Crippen LogP contribution in [0.3, 0.4) is 0 Å². The average Bonchev–Trinajstić information content (AvgIpc) is 2.96. The Balaban J connectivity index is 2.12. The lowest BCUT2D eigenvalue weighted by atomic mass is 10.0. The summed E-state index contributed by atoms with van der Waals surface area (Å²) in [5.74, 6) is 0.618. The Labute approximate surface area is 135 Å². The van der Waals surface area contributed by atoms with Gasteiger partial charge >= 0.3 is 0 Å². The summed E-state index contributed by atoms with van der Waals surface area (Å²) in [7, 11) is -3.56. The molecule has 21 heavy (non-hydrogen) atoms. The highest BCUT2D eigenvalue weighted by Gasteiger charge is 2.35. The zero-order valence-electron chi connectivity index (χ0n) is 12.5. The molecule has 2 N–H and O–H groups in total. The van der Waals surface area contributed by atoms with Gasteiger partial charge in [0.15, 0.2) is 4.67 Å². The Morgan fingerprint density at radius 1 is 1.38 bits per heavy atom. The summed E-state index contributed by atoms with van der Waals surface area (Å²) in [6.07, 6.45) is 4.92. The molecule has 0 spiro atoms. The summed E-state index contributed by atoms with van der Waals surface area (Å²) >= 11 is 3.22. The van der Waals surface area contributed by atoms with Gasteiger partial charge in [-0.2, -0.15) is 0 Å². The van der Waals surface area contributed by atoms with Crippen molar-refractivity contribution < 1.29 is 12.8 Å². The molecule has 7 heteroatoms.